The SMILES string of the molecule is CCOC(=O)CSc1cccn2ccnc12. The molecule has 0 unspecified atom stereocenters. The van der Waals surface area contributed by atoms with Crippen molar-refractivity contribution >= 4 is 23.4 Å². The van der Waals surface area contributed by atoms with Crippen LogP contribution in [0.1, 0.15) is 6.92 Å². The molecule has 0 amide bonds. The van der Waals surface area contributed by atoms with Crippen molar-refractivity contribution in [3.63, 3.8) is 0 Å². The molecule has 5 heteroatoms. The molecule has 0 aliphatic rings. The maximum Gasteiger partial charge on any atom is 0.316 e. The molecule has 0 atom stereocenters. The van der Waals surface area contributed by atoms with Gasteiger partial charge in [-0.15, -0.1) is 11.8 Å². The molecule has 0 fully saturated rings. The van der Waals surface area contributed by atoms with Crippen LogP contribution in [0.5, 0.6) is 0 Å². The monoisotopic (exact) mass is 236 g/mol. The van der Waals surface area contributed by atoms with Crippen LogP contribution >= 0.6 is 11.8 Å². The fourth-order valence-electron chi connectivity index (χ4n) is 1.37. The average molecular weight is 236 g/mol. The molecular weight excluding hydrogens is 224 g/mol. The van der Waals surface area contributed by atoms with Gasteiger partial charge in [-0.1, -0.05) is 0 Å². The van der Waals surface area contributed by atoms with Gasteiger partial charge in [0.15, 0.2) is 0 Å². The molecule has 0 saturated carbocycles. The largest absolute Gasteiger partial charge is 0.465 e. The first-order chi connectivity index (χ1) is 7.81. The number of esters is 1. The van der Waals surface area contributed by atoms with Gasteiger partial charge in [-0.3, -0.25) is 4.79 Å². The van der Waals surface area contributed by atoms with Gasteiger partial charge >= 0.3 is 5.97 Å². The van der Waals surface area contributed by atoms with Crippen LogP contribution in [-0.4, -0.2) is 27.7 Å². The molecule has 0 bridgehead atoms. The summed E-state index contributed by atoms with van der Waals surface area (Å²) in [5, 5.41) is 0. The molecule has 2 aromatic heterocycles. The molecule has 0 N–H and O–H groups in total. The van der Waals surface area contributed by atoms with Crippen LogP contribution < -0.4 is 0 Å². The lowest BCUT2D eigenvalue weighted by Crippen LogP contribution is -2.06. The predicted octanol–water partition coefficient (Wildman–Crippen LogP) is 1.99. The third kappa shape index (κ3) is 2.36. The third-order valence-corrected chi connectivity index (χ3v) is 3.04. The lowest BCUT2D eigenvalue weighted by atomic mass is 10.5. The van der Waals surface area contributed by atoms with Gasteiger partial charge < -0.3 is 9.14 Å². The van der Waals surface area contributed by atoms with Gasteiger partial charge in [0.25, 0.3) is 0 Å². The second kappa shape index (κ2) is 5.03. The van der Waals surface area contributed by atoms with E-state index in [-0.39, 0.29) is 5.97 Å². The van der Waals surface area contributed by atoms with Crippen molar-refractivity contribution in [2.24, 2.45) is 0 Å². The number of fused-ring (bicyclic) bond motifs is 1. The Balaban J connectivity index is 2.09. The van der Waals surface area contributed by atoms with Crippen molar-refractivity contribution in [2.45, 2.75) is 11.8 Å². The Morgan fingerprint density at radius 2 is 2.44 bits per heavy atom. The molecule has 2 heterocycles. The van der Waals surface area contributed by atoms with Crippen LogP contribution in [0.25, 0.3) is 5.65 Å². The minimum Gasteiger partial charge on any atom is -0.465 e. The summed E-state index contributed by atoms with van der Waals surface area (Å²) in [7, 11) is 0. The Bertz CT molecular complexity index is 495. The van der Waals surface area contributed by atoms with E-state index in [4.69, 9.17) is 4.74 Å². The van der Waals surface area contributed by atoms with Crippen LogP contribution in [0.4, 0.5) is 0 Å². The van der Waals surface area contributed by atoms with E-state index < -0.39 is 0 Å². The number of ether oxygens (including phenoxy) is 1. The molecule has 2 rings (SSSR count). The summed E-state index contributed by atoms with van der Waals surface area (Å²) in [5.74, 6) is 0.126. The highest BCUT2D eigenvalue weighted by atomic mass is 32.2. The zero-order chi connectivity index (χ0) is 11.4. The van der Waals surface area contributed by atoms with Crippen LogP contribution in [-0.2, 0) is 9.53 Å². The number of pyridine rings is 1. The molecule has 16 heavy (non-hydrogen) atoms. The summed E-state index contributed by atoms with van der Waals surface area (Å²) in [6, 6.07) is 3.88. The van der Waals surface area contributed by atoms with E-state index >= 15 is 0 Å². The van der Waals surface area contributed by atoms with Crippen molar-refractivity contribution in [1.29, 1.82) is 0 Å². The van der Waals surface area contributed by atoms with Crippen molar-refractivity contribution < 1.29 is 9.53 Å². The second-order valence-electron chi connectivity index (χ2n) is 3.12. The van der Waals surface area contributed by atoms with Crippen LogP contribution in [0.2, 0.25) is 0 Å². The van der Waals surface area contributed by atoms with E-state index in [1.165, 1.54) is 11.8 Å². The number of carbonyl (C=O) groups is 1. The number of hydrogen-bond donors (Lipinski definition) is 0. The Morgan fingerprint density at radius 1 is 1.56 bits per heavy atom. The highest BCUT2D eigenvalue weighted by molar-refractivity contribution is 8.00. The number of imidazole rings is 1. The zero-order valence-electron chi connectivity index (χ0n) is 8.92. The normalized spacial score (nSPS) is 10.6. The molecule has 0 saturated heterocycles. The Hall–Kier alpha value is -1.49. The molecule has 0 radical (unpaired) electrons. The van der Waals surface area contributed by atoms with Gasteiger partial charge in [-0.25, -0.2) is 4.98 Å². The summed E-state index contributed by atoms with van der Waals surface area (Å²) in [5.41, 5.74) is 0.872. The third-order valence-electron chi connectivity index (χ3n) is 2.03. The topological polar surface area (TPSA) is 43.6 Å². The van der Waals surface area contributed by atoms with E-state index in [9.17, 15) is 4.79 Å². The maximum atomic E-state index is 11.2. The number of aromatic nitrogens is 2. The maximum absolute atomic E-state index is 11.2. The number of nitrogens with zero attached hydrogens (tertiary/aromatic N) is 2. The molecular formula is C11H12N2O2S. The standard InChI is InChI=1S/C11H12N2O2S/c1-2-15-10(14)8-16-9-4-3-6-13-7-5-12-11(9)13/h3-7H,2,8H2,1H3. The van der Waals surface area contributed by atoms with Gasteiger partial charge in [0.2, 0.25) is 0 Å². The first-order valence-corrected chi connectivity index (χ1v) is 6.00. The fraction of sp³-hybridized carbons (Fsp3) is 0.273. The summed E-state index contributed by atoms with van der Waals surface area (Å²) in [6.45, 7) is 2.23. The van der Waals surface area contributed by atoms with Gasteiger partial charge in [0, 0.05) is 18.6 Å². The minimum atomic E-state index is -0.193. The number of hydrogen-bond acceptors (Lipinski definition) is 4. The molecule has 0 spiro atoms. The molecule has 0 aromatic carbocycles. The summed E-state index contributed by atoms with van der Waals surface area (Å²) in [6.07, 6.45) is 5.55. The number of carbonyl (C=O) groups excluding carboxylic acids is 1. The van der Waals surface area contributed by atoms with E-state index in [0.717, 1.165) is 10.5 Å². The summed E-state index contributed by atoms with van der Waals surface area (Å²) >= 11 is 1.44. The van der Waals surface area contributed by atoms with E-state index in [0.29, 0.717) is 12.4 Å². The van der Waals surface area contributed by atoms with Gasteiger partial charge in [-0.2, -0.15) is 0 Å². The summed E-state index contributed by atoms with van der Waals surface area (Å²) in [4.78, 5) is 16.4. The van der Waals surface area contributed by atoms with Gasteiger partial charge in [-0.05, 0) is 19.1 Å². The number of thioether (sulfide) groups is 1. The minimum absolute atomic E-state index is 0.193. The van der Waals surface area contributed by atoms with E-state index in [1.807, 2.05) is 28.9 Å². The van der Waals surface area contributed by atoms with Crippen molar-refractivity contribution in [3.05, 3.63) is 30.7 Å². The smallest absolute Gasteiger partial charge is 0.316 e. The average Bonchev–Trinajstić information content (AvgIpc) is 2.75. The molecule has 0 aliphatic heterocycles. The van der Waals surface area contributed by atoms with Gasteiger partial charge in [0.1, 0.15) is 5.65 Å². The van der Waals surface area contributed by atoms with Crippen molar-refractivity contribution in [1.82, 2.24) is 9.38 Å². The second-order valence-corrected chi connectivity index (χ2v) is 4.14. The lowest BCUT2D eigenvalue weighted by Gasteiger charge is -2.03. The molecule has 84 valence electrons. The molecule has 2 aromatic rings. The van der Waals surface area contributed by atoms with Crippen LogP contribution in [0.3, 0.4) is 0 Å². The quantitative estimate of drug-likeness (QED) is 0.601. The number of rotatable bonds is 4. The zero-order valence-corrected chi connectivity index (χ0v) is 9.74. The van der Waals surface area contributed by atoms with E-state index in [1.54, 1.807) is 13.1 Å². The fourth-order valence-corrected chi connectivity index (χ4v) is 2.19. The van der Waals surface area contributed by atoms with Crippen molar-refractivity contribution in [3.8, 4) is 0 Å². The van der Waals surface area contributed by atoms with Crippen LogP contribution in [0.15, 0.2) is 35.6 Å². The predicted molar refractivity (Wildman–Crippen MR) is 62.5 cm³/mol. The highest BCUT2D eigenvalue weighted by Gasteiger charge is 2.06. The first kappa shape index (κ1) is 11.0. The Kier molecular flexibility index (Phi) is 3.46. The Labute approximate surface area is 97.6 Å². The highest BCUT2D eigenvalue weighted by Crippen LogP contribution is 2.22. The summed E-state index contributed by atoms with van der Waals surface area (Å²) < 4.78 is 6.79. The molecule has 4 nitrogen and oxygen atoms in total. The van der Waals surface area contributed by atoms with Crippen molar-refractivity contribution in [2.75, 3.05) is 12.4 Å². The first-order valence-electron chi connectivity index (χ1n) is 5.01. The van der Waals surface area contributed by atoms with Gasteiger partial charge in [0.05, 0.1) is 17.3 Å². The Morgan fingerprint density at radius 3 is 3.25 bits per heavy atom. The van der Waals surface area contributed by atoms with Crippen LogP contribution in [0, 0.1) is 0 Å². The molecule has 0 aliphatic carbocycles. The lowest BCUT2D eigenvalue weighted by molar-refractivity contribution is -0.139. The van der Waals surface area contributed by atoms with E-state index in [2.05, 4.69) is 4.98 Å².